The van der Waals surface area contributed by atoms with Crippen LogP contribution in [0.5, 0.6) is 5.75 Å². The lowest BCUT2D eigenvalue weighted by Crippen LogP contribution is -2.19. The highest BCUT2D eigenvalue weighted by atomic mass is 16.5. The first-order chi connectivity index (χ1) is 13.3. The minimum atomic E-state index is 0.721. The van der Waals surface area contributed by atoms with E-state index in [9.17, 15) is 0 Å². The molecule has 2 aromatic rings. The van der Waals surface area contributed by atoms with Crippen LogP contribution in [0.2, 0.25) is 0 Å². The predicted octanol–water partition coefficient (Wildman–Crippen LogP) is 6.47. The van der Waals surface area contributed by atoms with E-state index in [1.165, 1.54) is 51.4 Å². The van der Waals surface area contributed by atoms with E-state index >= 15 is 0 Å². The summed E-state index contributed by atoms with van der Waals surface area (Å²) in [6.45, 7) is 5.38. The molecular formula is C24H34N2O. The van der Waals surface area contributed by atoms with E-state index in [-0.39, 0.29) is 0 Å². The smallest absolute Gasteiger partial charge is 0.119 e. The molecule has 0 saturated heterocycles. The molecule has 0 bridgehead atoms. The normalized spacial score (nSPS) is 19.8. The van der Waals surface area contributed by atoms with E-state index < -0.39 is 0 Å². The van der Waals surface area contributed by atoms with Crippen LogP contribution < -0.4 is 4.74 Å². The summed E-state index contributed by atoms with van der Waals surface area (Å²) in [6.07, 6.45) is 15.2. The first-order valence-electron chi connectivity index (χ1n) is 10.8. The van der Waals surface area contributed by atoms with E-state index in [1.54, 1.807) is 0 Å². The van der Waals surface area contributed by atoms with Crippen molar-refractivity contribution in [2.45, 2.75) is 71.6 Å². The van der Waals surface area contributed by atoms with E-state index in [0.29, 0.717) is 0 Å². The van der Waals surface area contributed by atoms with Gasteiger partial charge in [-0.1, -0.05) is 46.0 Å². The molecule has 0 N–H and O–H groups in total. The average molecular weight is 367 g/mol. The van der Waals surface area contributed by atoms with Crippen molar-refractivity contribution in [3.63, 3.8) is 0 Å². The summed E-state index contributed by atoms with van der Waals surface area (Å²) >= 11 is 0. The molecule has 3 nitrogen and oxygen atoms in total. The molecule has 3 heteroatoms. The van der Waals surface area contributed by atoms with Crippen LogP contribution in [0.4, 0.5) is 0 Å². The third-order valence-electron chi connectivity index (χ3n) is 5.92. The summed E-state index contributed by atoms with van der Waals surface area (Å²) in [5.74, 6) is 2.62. The fourth-order valence-corrected chi connectivity index (χ4v) is 3.93. The molecule has 0 aliphatic heterocycles. The Bertz CT molecular complexity index is 658. The summed E-state index contributed by atoms with van der Waals surface area (Å²) in [5.41, 5.74) is 3.11. The molecule has 1 aliphatic rings. The first kappa shape index (κ1) is 19.9. The molecule has 0 radical (unpaired) electrons. The number of hydrogen-bond acceptors (Lipinski definition) is 3. The number of hydrogen-bond donors (Lipinski definition) is 0. The summed E-state index contributed by atoms with van der Waals surface area (Å²) in [6, 6.07) is 8.29. The number of nitrogens with zero attached hydrogens (tertiary/aromatic N) is 2. The largest absolute Gasteiger partial charge is 0.493 e. The molecular weight excluding hydrogens is 332 g/mol. The maximum atomic E-state index is 6.04. The Morgan fingerprint density at radius 3 is 2.26 bits per heavy atom. The highest BCUT2D eigenvalue weighted by Crippen LogP contribution is 2.31. The second-order valence-corrected chi connectivity index (χ2v) is 7.98. The SMILES string of the molecule is CCCCCc1cnc(-c2ccc(OC[C@H]3CC[C@H](CC)CC3)cc2)cn1. The van der Waals surface area contributed by atoms with Crippen molar-refractivity contribution >= 4 is 0 Å². The van der Waals surface area contributed by atoms with Gasteiger partial charge in [-0.3, -0.25) is 9.97 Å². The number of benzene rings is 1. The van der Waals surface area contributed by atoms with Gasteiger partial charge in [0.1, 0.15) is 5.75 Å². The molecule has 0 spiro atoms. The number of rotatable bonds is 9. The molecule has 3 rings (SSSR count). The maximum Gasteiger partial charge on any atom is 0.119 e. The number of aromatic nitrogens is 2. The van der Waals surface area contributed by atoms with Gasteiger partial charge in [0.05, 0.1) is 24.2 Å². The minimum absolute atomic E-state index is 0.721. The zero-order valence-electron chi connectivity index (χ0n) is 17.0. The van der Waals surface area contributed by atoms with Crippen molar-refractivity contribution in [1.82, 2.24) is 9.97 Å². The summed E-state index contributed by atoms with van der Waals surface area (Å²) in [7, 11) is 0. The van der Waals surface area contributed by atoms with E-state index in [2.05, 4.69) is 48.1 Å². The molecule has 1 saturated carbocycles. The van der Waals surface area contributed by atoms with Crippen molar-refractivity contribution in [2.75, 3.05) is 6.61 Å². The van der Waals surface area contributed by atoms with Crippen LogP contribution in [0, 0.1) is 11.8 Å². The molecule has 146 valence electrons. The fourth-order valence-electron chi connectivity index (χ4n) is 3.93. The summed E-state index contributed by atoms with van der Waals surface area (Å²) in [5, 5.41) is 0. The van der Waals surface area contributed by atoms with Gasteiger partial charge in [-0.05, 0) is 61.8 Å². The molecule has 0 atom stereocenters. The van der Waals surface area contributed by atoms with E-state index in [0.717, 1.165) is 47.6 Å². The molecule has 1 aromatic carbocycles. The highest BCUT2D eigenvalue weighted by molar-refractivity contribution is 5.58. The van der Waals surface area contributed by atoms with Gasteiger partial charge in [-0.2, -0.15) is 0 Å². The van der Waals surface area contributed by atoms with Gasteiger partial charge in [0.2, 0.25) is 0 Å². The molecule has 1 heterocycles. The van der Waals surface area contributed by atoms with Crippen LogP contribution in [0.1, 0.15) is 70.9 Å². The van der Waals surface area contributed by atoms with Crippen molar-refractivity contribution < 1.29 is 4.74 Å². The van der Waals surface area contributed by atoms with E-state index in [4.69, 9.17) is 4.74 Å². The second kappa shape index (κ2) is 10.4. The van der Waals surface area contributed by atoms with E-state index in [1.807, 2.05) is 12.4 Å². The van der Waals surface area contributed by atoms with Crippen molar-refractivity contribution in [1.29, 1.82) is 0 Å². The van der Waals surface area contributed by atoms with Gasteiger partial charge in [-0.25, -0.2) is 0 Å². The highest BCUT2D eigenvalue weighted by Gasteiger charge is 2.20. The molecule has 1 aromatic heterocycles. The van der Waals surface area contributed by atoms with Gasteiger partial charge in [0, 0.05) is 11.8 Å². The van der Waals surface area contributed by atoms with Crippen LogP contribution in [0.3, 0.4) is 0 Å². The number of unbranched alkanes of at least 4 members (excludes halogenated alkanes) is 2. The topological polar surface area (TPSA) is 35.0 Å². The Morgan fingerprint density at radius 1 is 0.889 bits per heavy atom. The summed E-state index contributed by atoms with van der Waals surface area (Å²) in [4.78, 5) is 9.15. The third-order valence-corrected chi connectivity index (χ3v) is 5.92. The second-order valence-electron chi connectivity index (χ2n) is 7.98. The Hall–Kier alpha value is -1.90. The Balaban J connectivity index is 1.48. The number of ether oxygens (including phenoxy) is 1. The van der Waals surface area contributed by atoms with Crippen LogP contribution in [0.25, 0.3) is 11.3 Å². The van der Waals surface area contributed by atoms with Crippen molar-refractivity contribution in [3.05, 3.63) is 42.4 Å². The van der Waals surface area contributed by atoms with Gasteiger partial charge in [0.25, 0.3) is 0 Å². The van der Waals surface area contributed by atoms with Gasteiger partial charge < -0.3 is 4.74 Å². The average Bonchev–Trinajstić information content (AvgIpc) is 2.74. The number of aryl methyl sites for hydroxylation is 1. The molecule has 1 aliphatic carbocycles. The van der Waals surface area contributed by atoms with Crippen LogP contribution in [-0.4, -0.2) is 16.6 Å². The Morgan fingerprint density at radius 2 is 1.63 bits per heavy atom. The molecule has 0 amide bonds. The lowest BCUT2D eigenvalue weighted by Gasteiger charge is -2.27. The fraction of sp³-hybridized carbons (Fsp3) is 0.583. The van der Waals surface area contributed by atoms with Crippen molar-refractivity contribution in [2.24, 2.45) is 11.8 Å². The minimum Gasteiger partial charge on any atom is -0.493 e. The maximum absolute atomic E-state index is 6.04. The molecule has 27 heavy (non-hydrogen) atoms. The lowest BCUT2D eigenvalue weighted by molar-refractivity contribution is 0.181. The van der Waals surface area contributed by atoms with Crippen LogP contribution in [-0.2, 0) is 6.42 Å². The lowest BCUT2D eigenvalue weighted by atomic mass is 9.81. The first-order valence-corrected chi connectivity index (χ1v) is 10.8. The molecule has 0 unspecified atom stereocenters. The predicted molar refractivity (Wildman–Crippen MR) is 112 cm³/mol. The standard InChI is InChI=1S/C24H34N2O/c1-3-5-6-7-22-16-26-24(17-25-22)21-12-14-23(15-13-21)27-18-20-10-8-19(4-2)9-11-20/h12-17,19-20H,3-11,18H2,1-2H3/t19-,20-. The quantitative estimate of drug-likeness (QED) is 0.477. The van der Waals surface area contributed by atoms with Gasteiger partial charge in [0.15, 0.2) is 0 Å². The Kier molecular flexibility index (Phi) is 7.67. The third kappa shape index (κ3) is 6.05. The van der Waals surface area contributed by atoms with Gasteiger partial charge >= 0.3 is 0 Å². The monoisotopic (exact) mass is 366 g/mol. The molecule has 1 fully saturated rings. The zero-order chi connectivity index (χ0) is 18.9. The van der Waals surface area contributed by atoms with Crippen LogP contribution in [0.15, 0.2) is 36.7 Å². The van der Waals surface area contributed by atoms with Crippen molar-refractivity contribution in [3.8, 4) is 17.0 Å². The zero-order valence-corrected chi connectivity index (χ0v) is 17.0. The summed E-state index contributed by atoms with van der Waals surface area (Å²) < 4.78 is 6.04. The Labute approximate surface area is 164 Å². The van der Waals surface area contributed by atoms with Crippen LogP contribution >= 0.6 is 0 Å². The van der Waals surface area contributed by atoms with Gasteiger partial charge in [-0.15, -0.1) is 0 Å².